The third-order valence-corrected chi connectivity index (χ3v) is 5.14. The summed E-state index contributed by atoms with van der Waals surface area (Å²) in [6, 6.07) is 0. The molecule has 0 fully saturated rings. The van der Waals surface area contributed by atoms with E-state index in [4.69, 9.17) is 5.11 Å². The first-order valence-electron chi connectivity index (χ1n) is 9.70. The van der Waals surface area contributed by atoms with E-state index in [1.807, 2.05) is 0 Å². The maximum atomic E-state index is 10.1. The first-order chi connectivity index (χ1) is 10.7. The lowest BCUT2D eigenvalue weighted by Crippen LogP contribution is -2.41. The Morgan fingerprint density at radius 1 is 0.783 bits per heavy atom. The van der Waals surface area contributed by atoms with Gasteiger partial charge in [-0.15, -0.1) is 0 Å². The van der Waals surface area contributed by atoms with Crippen molar-refractivity contribution in [3.8, 4) is 0 Å². The number of hydrogen-bond acceptors (Lipinski definition) is 3. The van der Waals surface area contributed by atoms with Crippen LogP contribution in [-0.4, -0.2) is 33.6 Å². The van der Waals surface area contributed by atoms with E-state index in [9.17, 15) is 10.2 Å². The first-order valence-corrected chi connectivity index (χ1v) is 9.70. The van der Waals surface area contributed by atoms with Gasteiger partial charge in [0, 0.05) is 0 Å². The topological polar surface area (TPSA) is 60.7 Å². The predicted octanol–water partition coefficient (Wildman–Crippen LogP) is 4.53. The van der Waals surface area contributed by atoms with Gasteiger partial charge >= 0.3 is 0 Å². The van der Waals surface area contributed by atoms with E-state index < -0.39 is 11.7 Å². The zero-order chi connectivity index (χ0) is 17.9. The third kappa shape index (κ3) is 12.0. The van der Waals surface area contributed by atoms with Gasteiger partial charge in [0.2, 0.25) is 0 Å². The van der Waals surface area contributed by atoms with Crippen molar-refractivity contribution in [3.05, 3.63) is 0 Å². The van der Waals surface area contributed by atoms with Crippen molar-refractivity contribution in [2.24, 2.45) is 17.8 Å². The average molecular weight is 331 g/mol. The van der Waals surface area contributed by atoms with Crippen LogP contribution in [0.3, 0.4) is 0 Å². The lowest BCUT2D eigenvalue weighted by Gasteiger charge is -2.28. The van der Waals surface area contributed by atoms with Crippen LogP contribution in [0, 0.1) is 17.8 Å². The molecule has 2 unspecified atom stereocenters. The molecule has 3 N–H and O–H groups in total. The van der Waals surface area contributed by atoms with Crippen molar-refractivity contribution < 1.29 is 15.3 Å². The van der Waals surface area contributed by atoms with Crippen LogP contribution in [0.15, 0.2) is 0 Å². The van der Waals surface area contributed by atoms with Crippen LogP contribution in [-0.2, 0) is 0 Å². The minimum absolute atomic E-state index is 0.378. The number of rotatable bonds is 14. The molecule has 0 aromatic carbocycles. The fourth-order valence-electron chi connectivity index (χ4n) is 3.15. The second-order valence-corrected chi connectivity index (χ2v) is 8.41. The van der Waals surface area contributed by atoms with Gasteiger partial charge in [0.1, 0.15) is 6.10 Å². The highest BCUT2D eigenvalue weighted by molar-refractivity contribution is 4.81. The Kier molecular flexibility index (Phi) is 12.2. The quantitative estimate of drug-likeness (QED) is 0.438. The average Bonchev–Trinajstić information content (AvgIpc) is 2.45. The Bertz CT molecular complexity index is 276. The molecule has 0 saturated carbocycles. The summed E-state index contributed by atoms with van der Waals surface area (Å²) in [6.07, 6.45) is 9.41. The van der Waals surface area contributed by atoms with Gasteiger partial charge in [0.15, 0.2) is 0 Å². The van der Waals surface area contributed by atoms with Crippen LogP contribution >= 0.6 is 0 Å². The third-order valence-electron chi connectivity index (χ3n) is 5.14. The zero-order valence-corrected chi connectivity index (χ0v) is 16.2. The lowest BCUT2D eigenvalue weighted by molar-refractivity contribution is -0.0886. The maximum Gasteiger partial charge on any atom is 0.105 e. The highest BCUT2D eigenvalue weighted by Crippen LogP contribution is 2.24. The van der Waals surface area contributed by atoms with Crippen molar-refractivity contribution in [1.82, 2.24) is 0 Å². The van der Waals surface area contributed by atoms with Gasteiger partial charge in [-0.25, -0.2) is 0 Å². The highest BCUT2D eigenvalue weighted by atomic mass is 16.4. The van der Waals surface area contributed by atoms with E-state index in [1.165, 1.54) is 38.5 Å². The summed E-state index contributed by atoms with van der Waals surface area (Å²) < 4.78 is 0. The van der Waals surface area contributed by atoms with Crippen LogP contribution in [0.5, 0.6) is 0 Å². The first kappa shape index (κ1) is 22.9. The van der Waals surface area contributed by atoms with Crippen LogP contribution in [0.25, 0.3) is 0 Å². The second-order valence-electron chi connectivity index (χ2n) is 8.41. The van der Waals surface area contributed by atoms with Gasteiger partial charge in [-0.05, 0) is 31.1 Å². The molecule has 23 heavy (non-hydrogen) atoms. The fraction of sp³-hybridized carbons (Fsp3) is 1.00. The summed E-state index contributed by atoms with van der Waals surface area (Å²) in [7, 11) is 0. The SMILES string of the molecule is CC(C)CCC[C@@H](C)CCC[C@@H](C)CCCC(C)(O)C(O)CO. The van der Waals surface area contributed by atoms with Gasteiger partial charge in [-0.3, -0.25) is 0 Å². The summed E-state index contributed by atoms with van der Waals surface area (Å²) in [5.74, 6) is 2.32. The highest BCUT2D eigenvalue weighted by Gasteiger charge is 2.29. The minimum Gasteiger partial charge on any atom is -0.394 e. The smallest absolute Gasteiger partial charge is 0.105 e. The van der Waals surface area contributed by atoms with E-state index >= 15 is 0 Å². The molecule has 0 bridgehead atoms. The van der Waals surface area contributed by atoms with Gasteiger partial charge in [0.05, 0.1) is 12.2 Å². The molecule has 0 heterocycles. The maximum absolute atomic E-state index is 10.1. The zero-order valence-electron chi connectivity index (χ0n) is 16.2. The number of aliphatic hydroxyl groups is 3. The van der Waals surface area contributed by atoms with Gasteiger partial charge < -0.3 is 15.3 Å². The molecule has 0 spiro atoms. The van der Waals surface area contributed by atoms with Crippen molar-refractivity contribution in [1.29, 1.82) is 0 Å². The molecule has 0 aromatic rings. The Balaban J connectivity index is 3.69. The number of aliphatic hydroxyl groups excluding tert-OH is 2. The molecule has 0 aliphatic rings. The van der Waals surface area contributed by atoms with E-state index in [0.29, 0.717) is 12.3 Å². The van der Waals surface area contributed by atoms with E-state index in [1.54, 1.807) is 6.92 Å². The van der Waals surface area contributed by atoms with E-state index in [0.717, 1.165) is 24.7 Å². The normalized spacial score (nSPS) is 18.7. The summed E-state index contributed by atoms with van der Waals surface area (Å²) in [6.45, 7) is 10.5. The Morgan fingerprint density at radius 3 is 1.65 bits per heavy atom. The minimum atomic E-state index is -1.17. The lowest BCUT2D eigenvalue weighted by atomic mass is 9.88. The van der Waals surface area contributed by atoms with Crippen molar-refractivity contribution in [2.75, 3.05) is 6.61 Å². The Morgan fingerprint density at radius 2 is 1.22 bits per heavy atom. The van der Waals surface area contributed by atoms with Gasteiger partial charge in [-0.2, -0.15) is 0 Å². The summed E-state index contributed by atoms with van der Waals surface area (Å²) >= 11 is 0. The van der Waals surface area contributed by atoms with Crippen LogP contribution in [0.4, 0.5) is 0 Å². The largest absolute Gasteiger partial charge is 0.394 e. The molecule has 140 valence electrons. The molecule has 0 aromatic heterocycles. The van der Waals surface area contributed by atoms with Crippen molar-refractivity contribution >= 4 is 0 Å². The predicted molar refractivity (Wildman–Crippen MR) is 98.4 cm³/mol. The second kappa shape index (κ2) is 12.3. The summed E-state index contributed by atoms with van der Waals surface area (Å²) in [4.78, 5) is 0. The molecule has 0 aliphatic heterocycles. The molecular formula is C20H42O3. The van der Waals surface area contributed by atoms with Crippen LogP contribution in [0.1, 0.15) is 92.4 Å². The molecule has 3 heteroatoms. The standard InChI is InChI=1S/C20H42O3/c1-16(2)9-6-10-17(3)11-7-12-18(4)13-8-14-20(5,23)19(22)15-21/h16-19,21-23H,6-15H2,1-5H3/t17-,18-,19?,20?/m1/s1. The molecule has 0 aliphatic carbocycles. The van der Waals surface area contributed by atoms with Crippen LogP contribution < -0.4 is 0 Å². The monoisotopic (exact) mass is 330 g/mol. The van der Waals surface area contributed by atoms with Crippen molar-refractivity contribution in [2.45, 2.75) is 104 Å². The summed E-state index contributed by atoms with van der Waals surface area (Å²) in [5, 5.41) is 28.5. The Labute approximate surface area is 144 Å². The van der Waals surface area contributed by atoms with E-state index in [-0.39, 0.29) is 6.61 Å². The fourth-order valence-corrected chi connectivity index (χ4v) is 3.15. The molecule has 4 atom stereocenters. The molecule has 0 saturated heterocycles. The molecule has 0 rings (SSSR count). The van der Waals surface area contributed by atoms with Gasteiger partial charge in [0.25, 0.3) is 0 Å². The Hall–Kier alpha value is -0.120. The van der Waals surface area contributed by atoms with Crippen LogP contribution in [0.2, 0.25) is 0 Å². The molecule has 0 amide bonds. The summed E-state index contributed by atoms with van der Waals surface area (Å²) in [5.41, 5.74) is -1.17. The molecular weight excluding hydrogens is 288 g/mol. The molecule has 0 radical (unpaired) electrons. The van der Waals surface area contributed by atoms with E-state index in [2.05, 4.69) is 27.7 Å². The van der Waals surface area contributed by atoms with Gasteiger partial charge in [-0.1, -0.05) is 79.1 Å². The molecule has 3 nitrogen and oxygen atoms in total. The van der Waals surface area contributed by atoms with Crippen molar-refractivity contribution in [3.63, 3.8) is 0 Å². The number of hydrogen-bond donors (Lipinski definition) is 3.